The van der Waals surface area contributed by atoms with Crippen molar-refractivity contribution in [1.82, 2.24) is 15.1 Å². The maximum atomic E-state index is 6.12. The van der Waals surface area contributed by atoms with Crippen LogP contribution in [0.3, 0.4) is 0 Å². The second-order valence-corrected chi connectivity index (χ2v) is 7.97. The monoisotopic (exact) mass is 432 g/mol. The van der Waals surface area contributed by atoms with Crippen LogP contribution in [0.25, 0.3) is 0 Å². The van der Waals surface area contributed by atoms with E-state index in [1.54, 1.807) is 6.07 Å². The van der Waals surface area contributed by atoms with Crippen molar-refractivity contribution in [2.75, 3.05) is 5.32 Å². The van der Waals surface area contributed by atoms with Crippen molar-refractivity contribution >= 4 is 46.2 Å². The average molecular weight is 433 g/mol. The van der Waals surface area contributed by atoms with Gasteiger partial charge in [0.1, 0.15) is 0 Å². The Morgan fingerprint density at radius 3 is 2.36 bits per heavy atom. The van der Waals surface area contributed by atoms with Gasteiger partial charge in [-0.15, -0.1) is 0 Å². The molecule has 0 unspecified atom stereocenters. The van der Waals surface area contributed by atoms with E-state index in [0.29, 0.717) is 28.2 Å². The van der Waals surface area contributed by atoms with Gasteiger partial charge >= 0.3 is 0 Å². The minimum atomic E-state index is 0.542. The molecule has 2 aromatic carbocycles. The van der Waals surface area contributed by atoms with E-state index in [-0.39, 0.29) is 0 Å². The number of benzene rings is 2. The van der Waals surface area contributed by atoms with Crippen molar-refractivity contribution in [2.45, 2.75) is 33.9 Å². The van der Waals surface area contributed by atoms with Crippen LogP contribution in [0.5, 0.6) is 0 Å². The number of aromatic nitrogens is 2. The zero-order valence-electron chi connectivity index (χ0n) is 16.0. The molecule has 1 heterocycles. The predicted octanol–water partition coefficient (Wildman–Crippen LogP) is 5.65. The molecule has 4 nitrogen and oxygen atoms in total. The van der Waals surface area contributed by atoms with Crippen LogP contribution in [0, 0.1) is 20.8 Å². The van der Waals surface area contributed by atoms with Gasteiger partial charge in [-0.25, -0.2) is 0 Å². The van der Waals surface area contributed by atoms with E-state index in [1.165, 1.54) is 11.1 Å². The highest BCUT2D eigenvalue weighted by molar-refractivity contribution is 7.80. The number of nitrogens with one attached hydrogen (secondary N) is 2. The Kier molecular flexibility index (Phi) is 6.60. The lowest BCUT2D eigenvalue weighted by atomic mass is 10.1. The molecule has 0 amide bonds. The van der Waals surface area contributed by atoms with Crippen molar-refractivity contribution < 1.29 is 0 Å². The number of hydrogen-bond donors (Lipinski definition) is 2. The van der Waals surface area contributed by atoms with Gasteiger partial charge in [0.05, 0.1) is 33.7 Å². The SMILES string of the molecule is Cc1ccc(CNC(=S)Nc2c(C)nn(Cc3ccc(Cl)c(Cl)c3)c2C)cc1. The zero-order valence-corrected chi connectivity index (χ0v) is 18.3. The molecule has 0 radical (unpaired) electrons. The maximum absolute atomic E-state index is 6.12. The molecule has 0 aliphatic heterocycles. The molecule has 28 heavy (non-hydrogen) atoms. The first-order valence-corrected chi connectivity index (χ1v) is 10.1. The lowest BCUT2D eigenvalue weighted by Gasteiger charge is -2.12. The Balaban J connectivity index is 1.66. The van der Waals surface area contributed by atoms with E-state index in [4.69, 9.17) is 35.4 Å². The lowest BCUT2D eigenvalue weighted by molar-refractivity contribution is 0.659. The van der Waals surface area contributed by atoms with Gasteiger partial charge in [0.15, 0.2) is 5.11 Å². The summed E-state index contributed by atoms with van der Waals surface area (Å²) in [4.78, 5) is 0. The quantitative estimate of drug-likeness (QED) is 0.511. The summed E-state index contributed by atoms with van der Waals surface area (Å²) in [6.45, 7) is 7.33. The second kappa shape index (κ2) is 8.95. The summed E-state index contributed by atoms with van der Waals surface area (Å²) in [6, 6.07) is 14.0. The number of rotatable bonds is 5. The summed E-state index contributed by atoms with van der Waals surface area (Å²) in [6.07, 6.45) is 0. The van der Waals surface area contributed by atoms with Crippen molar-refractivity contribution in [2.24, 2.45) is 0 Å². The first-order chi connectivity index (χ1) is 13.3. The molecular formula is C21H22Cl2N4S. The van der Waals surface area contributed by atoms with Crippen LogP contribution in [0.15, 0.2) is 42.5 Å². The Morgan fingerprint density at radius 1 is 1.00 bits per heavy atom. The van der Waals surface area contributed by atoms with Gasteiger partial charge in [-0.05, 0) is 56.2 Å². The number of anilines is 1. The standard InChI is InChI=1S/C21H22Cl2N4S/c1-13-4-6-16(7-5-13)11-24-21(28)25-20-14(2)26-27(15(20)3)12-17-8-9-18(22)19(23)10-17/h4-10H,11-12H2,1-3H3,(H2,24,25,28). The van der Waals surface area contributed by atoms with Crippen LogP contribution in [-0.2, 0) is 13.1 Å². The smallest absolute Gasteiger partial charge is 0.171 e. The Labute approximate surface area is 180 Å². The Hall–Kier alpha value is -2.08. The number of hydrogen-bond acceptors (Lipinski definition) is 2. The Morgan fingerprint density at radius 2 is 1.68 bits per heavy atom. The van der Waals surface area contributed by atoms with Gasteiger partial charge in [-0.3, -0.25) is 4.68 Å². The number of thiocarbonyl (C=S) groups is 1. The van der Waals surface area contributed by atoms with E-state index >= 15 is 0 Å². The number of nitrogens with zero attached hydrogens (tertiary/aromatic N) is 2. The third-order valence-electron chi connectivity index (χ3n) is 4.51. The van der Waals surface area contributed by atoms with Crippen LogP contribution in [-0.4, -0.2) is 14.9 Å². The maximum Gasteiger partial charge on any atom is 0.171 e. The second-order valence-electron chi connectivity index (χ2n) is 6.75. The molecule has 0 saturated carbocycles. The fourth-order valence-electron chi connectivity index (χ4n) is 2.89. The lowest BCUT2D eigenvalue weighted by Crippen LogP contribution is -2.28. The van der Waals surface area contributed by atoms with Crippen molar-refractivity contribution in [3.8, 4) is 0 Å². The van der Waals surface area contributed by atoms with E-state index in [0.717, 1.165) is 22.6 Å². The molecular weight excluding hydrogens is 411 g/mol. The number of aryl methyl sites for hydroxylation is 2. The molecule has 3 aromatic rings. The summed E-state index contributed by atoms with van der Waals surface area (Å²) in [5.74, 6) is 0. The van der Waals surface area contributed by atoms with E-state index in [2.05, 4.69) is 46.9 Å². The molecule has 0 bridgehead atoms. The summed E-state index contributed by atoms with van der Waals surface area (Å²) < 4.78 is 1.93. The van der Waals surface area contributed by atoms with Crippen molar-refractivity contribution in [3.63, 3.8) is 0 Å². The number of halogens is 2. The van der Waals surface area contributed by atoms with Gasteiger partial charge in [0.25, 0.3) is 0 Å². The molecule has 0 spiro atoms. The highest BCUT2D eigenvalue weighted by atomic mass is 35.5. The zero-order chi connectivity index (χ0) is 20.3. The third-order valence-corrected chi connectivity index (χ3v) is 5.50. The molecule has 3 rings (SSSR count). The van der Waals surface area contributed by atoms with Crippen molar-refractivity contribution in [3.05, 3.63) is 80.6 Å². The summed E-state index contributed by atoms with van der Waals surface area (Å²) >= 11 is 17.6. The highest BCUT2D eigenvalue weighted by Crippen LogP contribution is 2.25. The van der Waals surface area contributed by atoms with E-state index in [1.807, 2.05) is 30.7 Å². The van der Waals surface area contributed by atoms with Gasteiger partial charge < -0.3 is 10.6 Å². The predicted molar refractivity (Wildman–Crippen MR) is 122 cm³/mol. The van der Waals surface area contributed by atoms with E-state index in [9.17, 15) is 0 Å². The largest absolute Gasteiger partial charge is 0.358 e. The molecule has 0 saturated heterocycles. The molecule has 0 aliphatic rings. The summed E-state index contributed by atoms with van der Waals surface area (Å²) in [7, 11) is 0. The van der Waals surface area contributed by atoms with Gasteiger partial charge in [0, 0.05) is 6.54 Å². The normalized spacial score (nSPS) is 10.8. The fraction of sp³-hybridized carbons (Fsp3) is 0.238. The molecule has 146 valence electrons. The molecule has 1 aromatic heterocycles. The molecule has 0 fully saturated rings. The summed E-state index contributed by atoms with van der Waals surface area (Å²) in [5.41, 5.74) is 6.26. The Bertz CT molecular complexity index is 996. The minimum Gasteiger partial charge on any atom is -0.358 e. The van der Waals surface area contributed by atoms with Crippen LogP contribution >= 0.6 is 35.4 Å². The topological polar surface area (TPSA) is 41.9 Å². The van der Waals surface area contributed by atoms with Gasteiger partial charge in [0.2, 0.25) is 0 Å². The van der Waals surface area contributed by atoms with Crippen molar-refractivity contribution in [1.29, 1.82) is 0 Å². The molecule has 2 N–H and O–H groups in total. The van der Waals surface area contributed by atoms with Gasteiger partial charge in [-0.1, -0.05) is 59.1 Å². The molecule has 0 atom stereocenters. The van der Waals surface area contributed by atoms with Crippen LogP contribution in [0.2, 0.25) is 10.0 Å². The molecule has 0 aliphatic carbocycles. The fourth-order valence-corrected chi connectivity index (χ4v) is 3.38. The average Bonchev–Trinajstić information content (AvgIpc) is 2.92. The third kappa shape index (κ3) is 5.04. The van der Waals surface area contributed by atoms with Gasteiger partial charge in [-0.2, -0.15) is 5.10 Å². The van der Waals surface area contributed by atoms with E-state index < -0.39 is 0 Å². The van der Waals surface area contributed by atoms with Crippen LogP contribution in [0.4, 0.5) is 5.69 Å². The first kappa shape index (κ1) is 20.6. The first-order valence-electron chi connectivity index (χ1n) is 8.92. The van der Waals surface area contributed by atoms with Crippen LogP contribution in [0.1, 0.15) is 28.1 Å². The van der Waals surface area contributed by atoms with Crippen LogP contribution < -0.4 is 10.6 Å². The molecule has 7 heteroatoms. The minimum absolute atomic E-state index is 0.542. The summed E-state index contributed by atoms with van der Waals surface area (Å²) in [5, 5.41) is 12.8. The highest BCUT2D eigenvalue weighted by Gasteiger charge is 2.13.